The second kappa shape index (κ2) is 8.36. The number of carbonyl (C=O) groups is 1. The Morgan fingerprint density at radius 1 is 1.20 bits per heavy atom. The number of carbonyl (C=O) groups excluding carboxylic acids is 1. The van der Waals surface area contributed by atoms with E-state index in [4.69, 9.17) is 14.2 Å². The first kappa shape index (κ1) is 21.7. The Balaban J connectivity index is 3.17. The normalized spacial score (nSPS) is 13.4. The molecule has 0 aliphatic rings. The topological polar surface area (TPSA) is 66.8 Å². The molecule has 25 heavy (non-hydrogen) atoms. The molecule has 0 radical (unpaired) electrons. The van der Waals surface area contributed by atoms with Gasteiger partial charge >= 0.3 is 5.97 Å². The summed E-state index contributed by atoms with van der Waals surface area (Å²) < 4.78 is 18.3. The third kappa shape index (κ3) is 7.20. The largest absolute Gasteiger partial charge is 0.494 e. The fourth-order valence-electron chi connectivity index (χ4n) is 2.12. The maximum Gasteiger partial charge on any atom is 0.329 e. The molecule has 0 N–H and O–H groups in total. The average Bonchev–Trinajstić information content (AvgIpc) is 2.41. The third-order valence-electron chi connectivity index (χ3n) is 3.16. The van der Waals surface area contributed by atoms with Crippen LogP contribution >= 0.6 is 15.9 Å². The molecule has 1 unspecified atom stereocenters. The van der Waals surface area contributed by atoms with Gasteiger partial charge in [-0.15, -0.1) is 0 Å². The van der Waals surface area contributed by atoms with Crippen LogP contribution in [0.3, 0.4) is 0 Å². The molecule has 1 atom stereocenters. The lowest BCUT2D eigenvalue weighted by atomic mass is 10.1. The minimum absolute atomic E-state index is 0.316. The number of rotatable bonds is 6. The van der Waals surface area contributed by atoms with Gasteiger partial charge in [0.15, 0.2) is 0 Å². The first-order valence-electron chi connectivity index (χ1n) is 8.16. The zero-order chi connectivity index (χ0) is 19.4. The summed E-state index contributed by atoms with van der Waals surface area (Å²) >= 11 is 3.28. The molecule has 0 fully saturated rings. The Hall–Kier alpha value is -1.34. The van der Waals surface area contributed by atoms with Crippen LogP contribution in [-0.2, 0) is 14.3 Å². The van der Waals surface area contributed by atoms with Crippen molar-refractivity contribution in [3.8, 4) is 5.75 Å². The zero-order valence-corrected chi connectivity index (χ0v) is 17.6. The van der Waals surface area contributed by atoms with Crippen molar-refractivity contribution in [1.29, 1.82) is 0 Å². The molecule has 1 rings (SSSR count). The van der Waals surface area contributed by atoms with Crippen LogP contribution in [-0.4, -0.2) is 35.5 Å². The van der Waals surface area contributed by atoms with Crippen LogP contribution < -0.4 is 10.3 Å². The fourth-order valence-corrected chi connectivity index (χ4v) is 2.58. The van der Waals surface area contributed by atoms with E-state index in [-0.39, 0.29) is 11.2 Å². The molecule has 7 heteroatoms. The van der Waals surface area contributed by atoms with Crippen molar-refractivity contribution < 1.29 is 19.0 Å². The van der Waals surface area contributed by atoms with Crippen molar-refractivity contribution in [3.63, 3.8) is 0 Å². The van der Waals surface area contributed by atoms with E-state index in [1.807, 2.05) is 20.8 Å². The zero-order valence-electron chi connectivity index (χ0n) is 16.0. The number of methoxy groups -OCH3 is 1. The van der Waals surface area contributed by atoms with E-state index in [1.54, 1.807) is 20.8 Å². The van der Waals surface area contributed by atoms with Gasteiger partial charge in [0.25, 0.3) is 5.56 Å². The highest BCUT2D eigenvalue weighted by molar-refractivity contribution is 9.10. The lowest BCUT2D eigenvalue weighted by Gasteiger charge is -2.27. The molecular weight excluding hydrogens is 390 g/mol. The predicted molar refractivity (Wildman–Crippen MR) is 100 cm³/mol. The molecule has 0 aliphatic carbocycles. The molecule has 1 heterocycles. The Morgan fingerprint density at radius 2 is 1.80 bits per heavy atom. The Morgan fingerprint density at radius 3 is 2.28 bits per heavy atom. The van der Waals surface area contributed by atoms with Crippen LogP contribution in [0.2, 0.25) is 0 Å². The van der Waals surface area contributed by atoms with Crippen molar-refractivity contribution >= 4 is 21.9 Å². The van der Waals surface area contributed by atoms with Crippen molar-refractivity contribution in [2.45, 2.75) is 65.2 Å². The van der Waals surface area contributed by atoms with Crippen molar-refractivity contribution in [2.24, 2.45) is 0 Å². The Kier molecular flexibility index (Phi) is 7.26. The molecule has 0 aliphatic heterocycles. The van der Waals surface area contributed by atoms with Crippen LogP contribution in [0.4, 0.5) is 0 Å². The molecular formula is C18H28BrNO5. The number of pyridine rings is 1. The van der Waals surface area contributed by atoms with E-state index in [0.29, 0.717) is 23.2 Å². The summed E-state index contributed by atoms with van der Waals surface area (Å²) in [5.41, 5.74) is -1.30. The van der Waals surface area contributed by atoms with Gasteiger partial charge in [-0.3, -0.25) is 9.36 Å². The summed E-state index contributed by atoms with van der Waals surface area (Å²) in [6.07, 6.45) is 1.83. The summed E-state index contributed by atoms with van der Waals surface area (Å²) in [5, 5.41) is 0. The molecule has 0 aromatic carbocycles. The monoisotopic (exact) mass is 417 g/mol. The summed E-state index contributed by atoms with van der Waals surface area (Å²) in [6.45, 7) is 11.5. The standard InChI is InChI=1S/C18H28BrNO5/c1-17(2,3)24-9-8-13(16(22)25-18(4,5)6)20-11-14(23-7)12(19)10-15(20)21/h10-11,13H,8-9H2,1-7H3. The van der Waals surface area contributed by atoms with Gasteiger partial charge in [0.05, 0.1) is 23.4 Å². The van der Waals surface area contributed by atoms with Gasteiger partial charge in [0, 0.05) is 19.1 Å². The van der Waals surface area contributed by atoms with E-state index < -0.39 is 17.6 Å². The third-order valence-corrected chi connectivity index (χ3v) is 3.78. The van der Waals surface area contributed by atoms with E-state index >= 15 is 0 Å². The number of hydrogen-bond donors (Lipinski definition) is 0. The number of esters is 1. The predicted octanol–water partition coefficient (Wildman–Crippen LogP) is 3.71. The minimum Gasteiger partial charge on any atom is -0.494 e. The molecule has 0 bridgehead atoms. The lowest BCUT2D eigenvalue weighted by Crippen LogP contribution is -2.36. The summed E-state index contributed by atoms with van der Waals surface area (Å²) in [6, 6.07) is 0.581. The van der Waals surface area contributed by atoms with E-state index in [0.717, 1.165) is 0 Å². The number of nitrogens with zero attached hydrogens (tertiary/aromatic N) is 1. The number of ether oxygens (including phenoxy) is 3. The summed E-state index contributed by atoms with van der Waals surface area (Å²) in [7, 11) is 1.50. The minimum atomic E-state index is -0.795. The second-order valence-electron chi connectivity index (χ2n) is 7.73. The van der Waals surface area contributed by atoms with Gasteiger partial charge in [0.1, 0.15) is 17.4 Å². The van der Waals surface area contributed by atoms with E-state index in [9.17, 15) is 9.59 Å². The molecule has 0 saturated carbocycles. The number of halogens is 1. The highest BCUT2D eigenvalue weighted by atomic mass is 79.9. The first-order valence-corrected chi connectivity index (χ1v) is 8.96. The van der Waals surface area contributed by atoms with Gasteiger partial charge < -0.3 is 14.2 Å². The van der Waals surface area contributed by atoms with Crippen LogP contribution in [0, 0.1) is 0 Å². The highest BCUT2D eigenvalue weighted by Crippen LogP contribution is 2.25. The van der Waals surface area contributed by atoms with Crippen molar-refractivity contribution in [1.82, 2.24) is 4.57 Å². The lowest BCUT2D eigenvalue weighted by molar-refractivity contribution is -0.160. The SMILES string of the molecule is COc1cn(C(CCOC(C)(C)C)C(=O)OC(C)(C)C)c(=O)cc1Br. The second-order valence-corrected chi connectivity index (χ2v) is 8.59. The first-order chi connectivity index (χ1) is 11.3. The van der Waals surface area contributed by atoms with Crippen LogP contribution in [0.25, 0.3) is 0 Å². The Bertz CT molecular complexity index is 655. The Labute approximate surface area is 157 Å². The van der Waals surface area contributed by atoms with Crippen LogP contribution in [0.1, 0.15) is 54.0 Å². The van der Waals surface area contributed by atoms with E-state index in [1.165, 1.54) is 23.9 Å². The maximum absolute atomic E-state index is 12.7. The quantitative estimate of drug-likeness (QED) is 0.659. The molecule has 0 amide bonds. The molecule has 1 aromatic rings. The molecule has 142 valence electrons. The fraction of sp³-hybridized carbons (Fsp3) is 0.667. The average molecular weight is 418 g/mol. The maximum atomic E-state index is 12.7. The molecule has 6 nitrogen and oxygen atoms in total. The molecule has 0 spiro atoms. The van der Waals surface area contributed by atoms with Crippen molar-refractivity contribution in [3.05, 3.63) is 27.1 Å². The van der Waals surface area contributed by atoms with Gasteiger partial charge in [-0.05, 0) is 57.5 Å². The molecule has 0 saturated heterocycles. The van der Waals surface area contributed by atoms with Crippen LogP contribution in [0.15, 0.2) is 21.5 Å². The van der Waals surface area contributed by atoms with Gasteiger partial charge in [-0.2, -0.15) is 0 Å². The smallest absolute Gasteiger partial charge is 0.329 e. The van der Waals surface area contributed by atoms with Crippen molar-refractivity contribution in [2.75, 3.05) is 13.7 Å². The van der Waals surface area contributed by atoms with Crippen LogP contribution in [0.5, 0.6) is 5.75 Å². The number of aromatic nitrogens is 1. The molecule has 1 aromatic heterocycles. The van der Waals surface area contributed by atoms with Gasteiger partial charge in [-0.25, -0.2) is 4.79 Å². The van der Waals surface area contributed by atoms with Gasteiger partial charge in [0.2, 0.25) is 0 Å². The van der Waals surface area contributed by atoms with Gasteiger partial charge in [-0.1, -0.05) is 0 Å². The summed E-state index contributed by atoms with van der Waals surface area (Å²) in [4.78, 5) is 25.1. The van der Waals surface area contributed by atoms with E-state index in [2.05, 4.69) is 15.9 Å². The number of hydrogen-bond acceptors (Lipinski definition) is 5. The highest BCUT2D eigenvalue weighted by Gasteiger charge is 2.28. The summed E-state index contributed by atoms with van der Waals surface area (Å²) in [5.74, 6) is -0.0126.